The van der Waals surface area contributed by atoms with Crippen LogP contribution in [0.2, 0.25) is 0 Å². The molecule has 1 unspecified atom stereocenters. The molecule has 2 aliphatic heterocycles. The molecule has 4 heterocycles. The number of carbonyl (C=O) groups excluding carboxylic acids is 6. The summed E-state index contributed by atoms with van der Waals surface area (Å²) < 4.78 is 13.3. The van der Waals surface area contributed by atoms with Gasteiger partial charge in [0.1, 0.15) is 18.7 Å². The lowest BCUT2D eigenvalue weighted by Crippen LogP contribution is -2.59. The maximum Gasteiger partial charge on any atom is 0.356 e. The smallest absolute Gasteiger partial charge is 0.356 e. The van der Waals surface area contributed by atoms with Crippen molar-refractivity contribution in [2.24, 2.45) is 22.4 Å². The van der Waals surface area contributed by atoms with Crippen LogP contribution in [0.25, 0.3) is 22.3 Å². The SMILES string of the molecule is CC(C)[C@H](NC(=O)[C@H](CCCCNC(=O)CC(NC(=O)CNC(=O)c1cccc(N=C(N)N)c1)c1ccccc1)NC(=S)Nc1ccccc1)C(=O)O[C@@]12Cc3c1c(c(=O)n1c3-c3nc4ccccc4cc3C1)COC2=O. The normalized spacial score (nSPS) is 15.6. The van der Waals surface area contributed by atoms with Gasteiger partial charge in [-0.3, -0.25) is 24.0 Å². The van der Waals surface area contributed by atoms with Gasteiger partial charge in [-0.1, -0.05) is 86.6 Å². The van der Waals surface area contributed by atoms with Crippen LogP contribution in [0.5, 0.6) is 0 Å². The van der Waals surface area contributed by atoms with Crippen LogP contribution in [0.1, 0.15) is 83.7 Å². The number of hydrogen-bond acceptors (Lipinski definition) is 12. The number of amides is 4. The third kappa shape index (κ3) is 11.6. The highest BCUT2D eigenvalue weighted by Crippen LogP contribution is 2.52. The summed E-state index contributed by atoms with van der Waals surface area (Å²) in [6.45, 7) is 3.32. The minimum Gasteiger partial charge on any atom is -0.457 e. The van der Waals surface area contributed by atoms with E-state index in [1.165, 1.54) is 6.07 Å². The minimum absolute atomic E-state index is 0.0518. The van der Waals surface area contributed by atoms with E-state index in [4.69, 9.17) is 38.1 Å². The Bertz CT molecular complexity index is 3400. The summed E-state index contributed by atoms with van der Waals surface area (Å²) in [5.74, 6) is -4.37. The largest absolute Gasteiger partial charge is 0.457 e. The third-order valence-corrected chi connectivity index (χ3v) is 13.8. The number of hydrogen-bond donors (Lipinski definition) is 8. The number of nitrogens with zero attached hydrogens (tertiary/aromatic N) is 3. The highest BCUT2D eigenvalue weighted by atomic mass is 32.1. The summed E-state index contributed by atoms with van der Waals surface area (Å²) in [6, 6.07) is 31.0. The van der Waals surface area contributed by atoms with Gasteiger partial charge in [0.05, 0.1) is 53.7 Å². The second-order valence-corrected chi connectivity index (χ2v) is 19.8. The zero-order valence-corrected chi connectivity index (χ0v) is 43.0. The zero-order chi connectivity index (χ0) is 54.4. The van der Waals surface area contributed by atoms with Crippen molar-refractivity contribution in [2.75, 3.05) is 18.4 Å². The van der Waals surface area contributed by atoms with Gasteiger partial charge in [0.25, 0.3) is 11.5 Å². The molecule has 4 atom stereocenters. The molecule has 0 saturated heterocycles. The average molecular weight is 1060 g/mol. The number of cyclic esters (lactones) is 1. The number of guanidine groups is 1. The minimum atomic E-state index is -1.90. The average Bonchev–Trinajstić information content (AvgIpc) is 4.05. The van der Waals surface area contributed by atoms with E-state index < -0.39 is 59.3 Å². The monoisotopic (exact) mass is 1060 g/mol. The molecule has 9 rings (SSSR count). The maximum absolute atomic E-state index is 14.4. The van der Waals surface area contributed by atoms with Gasteiger partial charge in [0.2, 0.25) is 23.3 Å². The van der Waals surface area contributed by atoms with E-state index in [0.717, 1.165) is 16.5 Å². The third-order valence-electron chi connectivity index (χ3n) is 13.6. The summed E-state index contributed by atoms with van der Waals surface area (Å²) >= 11 is 5.64. The van der Waals surface area contributed by atoms with Crippen LogP contribution < -0.4 is 48.9 Å². The number of anilines is 1. The van der Waals surface area contributed by atoms with Crippen LogP contribution in [0.4, 0.5) is 11.4 Å². The van der Waals surface area contributed by atoms with E-state index in [1.54, 1.807) is 73.0 Å². The first-order valence-corrected chi connectivity index (χ1v) is 25.6. The fourth-order valence-electron chi connectivity index (χ4n) is 9.87. The van der Waals surface area contributed by atoms with E-state index >= 15 is 0 Å². The summed E-state index contributed by atoms with van der Waals surface area (Å²) in [5, 5.41) is 18.4. The Morgan fingerprint density at radius 3 is 2.34 bits per heavy atom. The van der Waals surface area contributed by atoms with Gasteiger partial charge in [-0.2, -0.15) is 0 Å². The molecule has 1 aliphatic carbocycles. The van der Waals surface area contributed by atoms with E-state index in [0.29, 0.717) is 58.8 Å². The molecule has 6 aromatic rings. The predicted octanol–water partition coefficient (Wildman–Crippen LogP) is 4.14. The van der Waals surface area contributed by atoms with Gasteiger partial charge in [0, 0.05) is 40.7 Å². The van der Waals surface area contributed by atoms with Crippen LogP contribution in [0.15, 0.2) is 125 Å². The molecule has 21 heteroatoms. The number of benzene rings is 4. The van der Waals surface area contributed by atoms with E-state index in [9.17, 15) is 33.6 Å². The Hall–Kier alpha value is -8.98. The first-order chi connectivity index (χ1) is 37.1. The Labute approximate surface area is 447 Å². The molecular weight excluding hydrogens is 1000 g/mol. The summed E-state index contributed by atoms with van der Waals surface area (Å²) in [4.78, 5) is 105. The topological polar surface area (TPSA) is 292 Å². The number of aromatic nitrogens is 2. The highest BCUT2D eigenvalue weighted by molar-refractivity contribution is 7.80. The molecule has 2 aromatic heterocycles. The summed E-state index contributed by atoms with van der Waals surface area (Å²) in [7, 11) is 0. The van der Waals surface area contributed by atoms with Gasteiger partial charge in [-0.15, -0.1) is 0 Å². The van der Waals surface area contributed by atoms with Crippen LogP contribution in [0.3, 0.4) is 0 Å². The molecule has 4 amide bonds. The Balaban J connectivity index is 0.833. The number of para-hydroxylation sites is 2. The van der Waals surface area contributed by atoms with Crippen molar-refractivity contribution >= 4 is 81.1 Å². The van der Waals surface area contributed by atoms with E-state index in [-0.39, 0.29) is 72.6 Å². The van der Waals surface area contributed by atoms with Crippen LogP contribution >= 0.6 is 12.2 Å². The maximum atomic E-state index is 14.4. The lowest BCUT2D eigenvalue weighted by Gasteiger charge is -2.45. The summed E-state index contributed by atoms with van der Waals surface area (Å²) in [6.07, 6.45) is 0.876. The molecule has 4 aromatic carbocycles. The van der Waals surface area contributed by atoms with Gasteiger partial charge in [-0.05, 0) is 91.0 Å². The Kier molecular flexibility index (Phi) is 15.7. The van der Waals surface area contributed by atoms with Gasteiger partial charge >= 0.3 is 11.9 Å². The van der Waals surface area contributed by atoms with Crippen molar-refractivity contribution in [1.82, 2.24) is 36.1 Å². The number of nitrogens with two attached hydrogens (primary N) is 2. The first kappa shape index (κ1) is 52.9. The zero-order valence-electron chi connectivity index (χ0n) is 42.2. The number of thiocarbonyl (C=S) groups is 1. The number of aliphatic imine (C=N–C) groups is 1. The molecule has 0 spiro atoms. The van der Waals surface area contributed by atoms with Crippen molar-refractivity contribution in [1.29, 1.82) is 0 Å². The van der Waals surface area contributed by atoms with Crippen molar-refractivity contribution in [3.05, 3.63) is 159 Å². The number of unbranched alkanes of at least 4 members (excludes halogenated alkanes) is 1. The van der Waals surface area contributed by atoms with Crippen LogP contribution in [-0.2, 0) is 58.6 Å². The first-order valence-electron chi connectivity index (χ1n) is 25.2. The standard InChI is InChI=1S/C56H57N11O9S/c1-31(2)46(52(73)76-56-27-38-45(56)39(30-75-53(56)74)51(72)67-29-35-24-33-16-9-10-21-40(33)64-47(35)48(38)67)66-50(71)41(65-55(77)62-36-18-7-4-8-19-36)22-11-12-23-59-43(68)26-42(32-14-5-3-6-15-32)63-44(69)28-60-49(70)34-17-13-20-37(25-34)61-54(57)58/h3-10,13-21,24-25,31,41-42,46H,11-12,22-23,26-30H2,1-2H3,(H,59,68)(H,60,70)(H,63,69)(H,66,71)(H4,57,58,61)(H2,62,65,77)/t41-,42?,46-,56-/m0/s1. The molecule has 0 radical (unpaired) electrons. The lowest BCUT2D eigenvalue weighted by atomic mass is 9.69. The lowest BCUT2D eigenvalue weighted by molar-refractivity contribution is -0.194. The fraction of sp³-hybridized carbons (Fsp3) is 0.286. The summed E-state index contributed by atoms with van der Waals surface area (Å²) in [5.41, 5.74) is 14.7. The van der Waals surface area contributed by atoms with Gasteiger partial charge < -0.3 is 57.4 Å². The van der Waals surface area contributed by atoms with Gasteiger partial charge in [0.15, 0.2) is 11.1 Å². The van der Waals surface area contributed by atoms with Crippen molar-refractivity contribution < 1.29 is 38.2 Å². The van der Waals surface area contributed by atoms with E-state index in [1.807, 2.05) is 54.6 Å². The molecule has 3 aliphatic rings. The quantitative estimate of drug-likeness (QED) is 0.0175. The molecular formula is C56H57N11O9S. The van der Waals surface area contributed by atoms with E-state index in [2.05, 4.69) is 36.9 Å². The molecule has 20 nitrogen and oxygen atoms in total. The second-order valence-electron chi connectivity index (χ2n) is 19.4. The van der Waals surface area contributed by atoms with Gasteiger partial charge in [-0.25, -0.2) is 19.6 Å². The number of fused-ring (bicyclic) bond motifs is 5. The number of esters is 2. The number of ether oxygens (including phenoxy) is 2. The molecule has 0 bridgehead atoms. The molecule has 0 saturated carbocycles. The number of rotatable bonds is 20. The second kappa shape index (κ2) is 22.9. The molecule has 396 valence electrons. The fourth-order valence-corrected chi connectivity index (χ4v) is 10.1. The molecule has 10 N–H and O–H groups in total. The van der Waals surface area contributed by atoms with Crippen LogP contribution in [-0.4, -0.2) is 81.4 Å². The van der Waals surface area contributed by atoms with Crippen molar-refractivity contribution in [2.45, 2.75) is 82.8 Å². The highest BCUT2D eigenvalue weighted by Gasteiger charge is 2.61. The number of carbonyl (C=O) groups is 6. The Morgan fingerprint density at radius 1 is 0.844 bits per heavy atom. The predicted molar refractivity (Wildman–Crippen MR) is 291 cm³/mol. The van der Waals surface area contributed by atoms with Crippen LogP contribution in [0, 0.1) is 5.92 Å². The Morgan fingerprint density at radius 2 is 1.58 bits per heavy atom. The number of nitrogens with one attached hydrogen (secondary N) is 6. The van der Waals surface area contributed by atoms with Crippen molar-refractivity contribution in [3.8, 4) is 11.4 Å². The van der Waals surface area contributed by atoms with Crippen molar-refractivity contribution in [3.63, 3.8) is 0 Å². The molecule has 77 heavy (non-hydrogen) atoms. The number of pyridine rings is 2. The molecule has 0 fully saturated rings.